The Bertz CT molecular complexity index is 620. The minimum atomic E-state index is -3.48. The van der Waals surface area contributed by atoms with Crippen LogP contribution in [0.2, 0.25) is 0 Å². The van der Waals surface area contributed by atoms with Crippen LogP contribution in [0.4, 0.5) is 4.79 Å². The molecule has 1 aliphatic heterocycles. The lowest BCUT2D eigenvalue weighted by Crippen LogP contribution is -2.55. The summed E-state index contributed by atoms with van der Waals surface area (Å²) in [6.45, 7) is 8.19. The highest BCUT2D eigenvalue weighted by atomic mass is 32.2. The first kappa shape index (κ1) is 17.2. The van der Waals surface area contributed by atoms with E-state index in [4.69, 9.17) is 4.74 Å². The Morgan fingerprint density at radius 1 is 1.36 bits per heavy atom. The minimum Gasteiger partial charge on any atom is -0.444 e. The van der Waals surface area contributed by atoms with Crippen LogP contribution in [0.3, 0.4) is 0 Å². The van der Waals surface area contributed by atoms with Gasteiger partial charge in [-0.15, -0.1) is 11.3 Å². The number of carbonyl (C=O) groups is 1. The predicted molar refractivity (Wildman–Crippen MR) is 85.5 cm³/mol. The number of amides is 1. The highest BCUT2D eigenvalue weighted by molar-refractivity contribution is 7.91. The molecule has 6 nitrogen and oxygen atoms in total. The van der Waals surface area contributed by atoms with Crippen LogP contribution in [0.25, 0.3) is 0 Å². The topological polar surface area (TPSA) is 66.9 Å². The third-order valence-electron chi connectivity index (χ3n) is 3.28. The van der Waals surface area contributed by atoms with E-state index in [0.29, 0.717) is 17.3 Å². The Kier molecular flexibility index (Phi) is 4.84. The summed E-state index contributed by atoms with van der Waals surface area (Å²) in [6.07, 6.45) is -0.396. The zero-order valence-electron chi connectivity index (χ0n) is 13.3. The molecule has 0 aromatic carbocycles. The van der Waals surface area contributed by atoms with Gasteiger partial charge in [-0.25, -0.2) is 13.2 Å². The Hall–Kier alpha value is -1.12. The number of hydrogen-bond acceptors (Lipinski definition) is 5. The van der Waals surface area contributed by atoms with E-state index < -0.39 is 21.7 Å². The van der Waals surface area contributed by atoms with Gasteiger partial charge in [0.05, 0.1) is 0 Å². The van der Waals surface area contributed by atoms with Gasteiger partial charge in [-0.2, -0.15) is 4.31 Å². The van der Waals surface area contributed by atoms with E-state index in [9.17, 15) is 13.2 Å². The van der Waals surface area contributed by atoms with Crippen LogP contribution in [-0.4, -0.2) is 55.0 Å². The molecule has 1 saturated heterocycles. The van der Waals surface area contributed by atoms with Crippen molar-refractivity contribution in [1.29, 1.82) is 0 Å². The van der Waals surface area contributed by atoms with Crippen molar-refractivity contribution in [1.82, 2.24) is 9.21 Å². The summed E-state index contributed by atoms with van der Waals surface area (Å²) < 4.78 is 32.3. The lowest BCUT2D eigenvalue weighted by atomic mass is 10.2. The first-order valence-corrected chi connectivity index (χ1v) is 9.46. The number of rotatable bonds is 2. The highest BCUT2D eigenvalue weighted by Crippen LogP contribution is 2.25. The fourth-order valence-electron chi connectivity index (χ4n) is 2.32. The second-order valence-corrected chi connectivity index (χ2v) is 9.39. The molecule has 0 aliphatic carbocycles. The molecule has 2 rings (SSSR count). The first-order valence-electron chi connectivity index (χ1n) is 7.14. The SMILES string of the molecule is CC1CN(C(=O)OC(C)(C)C)CCN1S(=O)(=O)c1cccs1. The molecule has 2 heterocycles. The Balaban J connectivity index is 2.06. The van der Waals surface area contributed by atoms with Crippen LogP contribution in [0.5, 0.6) is 0 Å². The first-order chi connectivity index (χ1) is 10.1. The molecule has 1 atom stereocenters. The van der Waals surface area contributed by atoms with Gasteiger partial charge in [-0.1, -0.05) is 6.07 Å². The van der Waals surface area contributed by atoms with Crippen LogP contribution >= 0.6 is 11.3 Å². The average Bonchev–Trinajstić information content (AvgIpc) is 2.90. The van der Waals surface area contributed by atoms with Crippen molar-refractivity contribution in [3.8, 4) is 0 Å². The van der Waals surface area contributed by atoms with E-state index in [1.165, 1.54) is 15.6 Å². The van der Waals surface area contributed by atoms with Crippen molar-refractivity contribution in [3.05, 3.63) is 17.5 Å². The van der Waals surface area contributed by atoms with Crippen molar-refractivity contribution >= 4 is 27.5 Å². The summed E-state index contributed by atoms with van der Waals surface area (Å²) in [5.74, 6) is 0. The monoisotopic (exact) mass is 346 g/mol. The molecular formula is C14H22N2O4S2. The summed E-state index contributed by atoms with van der Waals surface area (Å²) in [6, 6.07) is 3.04. The molecule has 0 spiro atoms. The third kappa shape index (κ3) is 3.80. The van der Waals surface area contributed by atoms with Crippen LogP contribution in [0.1, 0.15) is 27.7 Å². The number of nitrogens with zero attached hydrogens (tertiary/aromatic N) is 2. The summed E-state index contributed by atoms with van der Waals surface area (Å²) in [5, 5.41) is 1.74. The van der Waals surface area contributed by atoms with Gasteiger partial charge >= 0.3 is 6.09 Å². The van der Waals surface area contributed by atoms with E-state index in [2.05, 4.69) is 0 Å². The number of hydrogen-bond donors (Lipinski definition) is 0. The maximum absolute atomic E-state index is 12.6. The fourth-order valence-corrected chi connectivity index (χ4v) is 5.05. The molecule has 1 fully saturated rings. The van der Waals surface area contributed by atoms with Crippen molar-refractivity contribution < 1.29 is 17.9 Å². The van der Waals surface area contributed by atoms with Gasteiger partial charge in [-0.3, -0.25) is 0 Å². The molecule has 1 aromatic rings. The van der Waals surface area contributed by atoms with Crippen LogP contribution in [0, 0.1) is 0 Å². The van der Waals surface area contributed by atoms with Crippen LogP contribution in [-0.2, 0) is 14.8 Å². The van der Waals surface area contributed by atoms with Crippen molar-refractivity contribution in [2.75, 3.05) is 19.6 Å². The number of thiophene rings is 1. The van der Waals surface area contributed by atoms with Gasteiger partial charge in [-0.05, 0) is 39.1 Å². The Morgan fingerprint density at radius 2 is 2.05 bits per heavy atom. The van der Waals surface area contributed by atoms with Crippen molar-refractivity contribution in [3.63, 3.8) is 0 Å². The molecule has 124 valence electrons. The number of sulfonamides is 1. The van der Waals surface area contributed by atoms with Gasteiger partial charge in [0.25, 0.3) is 10.0 Å². The van der Waals surface area contributed by atoms with Crippen LogP contribution < -0.4 is 0 Å². The molecule has 0 bridgehead atoms. The third-order valence-corrected chi connectivity index (χ3v) is 6.66. The van der Waals surface area contributed by atoms with E-state index >= 15 is 0 Å². The molecule has 1 unspecified atom stereocenters. The lowest BCUT2D eigenvalue weighted by Gasteiger charge is -2.39. The van der Waals surface area contributed by atoms with Crippen LogP contribution in [0.15, 0.2) is 21.7 Å². The Morgan fingerprint density at radius 3 is 2.55 bits per heavy atom. The summed E-state index contributed by atoms with van der Waals surface area (Å²) in [5.41, 5.74) is -0.555. The van der Waals surface area contributed by atoms with E-state index in [1.807, 2.05) is 27.7 Å². The van der Waals surface area contributed by atoms with E-state index in [0.717, 1.165) is 0 Å². The summed E-state index contributed by atoms with van der Waals surface area (Å²) >= 11 is 1.21. The highest BCUT2D eigenvalue weighted by Gasteiger charge is 2.36. The molecule has 1 amide bonds. The maximum atomic E-state index is 12.6. The van der Waals surface area contributed by atoms with Crippen molar-refractivity contribution in [2.24, 2.45) is 0 Å². The van der Waals surface area contributed by atoms with Gasteiger partial charge < -0.3 is 9.64 Å². The zero-order chi connectivity index (χ0) is 16.5. The van der Waals surface area contributed by atoms with E-state index in [1.54, 1.807) is 22.4 Å². The Labute approximate surface area is 135 Å². The second-order valence-electron chi connectivity index (χ2n) is 6.32. The maximum Gasteiger partial charge on any atom is 0.410 e. The summed E-state index contributed by atoms with van der Waals surface area (Å²) in [7, 11) is -3.48. The molecule has 0 radical (unpaired) electrons. The van der Waals surface area contributed by atoms with E-state index in [-0.39, 0.29) is 12.6 Å². The molecule has 1 aliphatic rings. The average molecular weight is 346 g/mol. The second kappa shape index (κ2) is 6.17. The standard InChI is InChI=1S/C14H22N2O4S2/c1-11-10-15(13(17)20-14(2,3)4)7-8-16(11)22(18,19)12-6-5-9-21-12/h5-6,9,11H,7-8,10H2,1-4H3. The molecular weight excluding hydrogens is 324 g/mol. The number of carbonyl (C=O) groups excluding carboxylic acids is 1. The molecule has 0 N–H and O–H groups in total. The quantitative estimate of drug-likeness (QED) is 0.824. The normalized spacial score (nSPS) is 20.9. The van der Waals surface area contributed by atoms with Gasteiger partial charge in [0.15, 0.2) is 0 Å². The van der Waals surface area contributed by atoms with Gasteiger partial charge in [0.2, 0.25) is 0 Å². The lowest BCUT2D eigenvalue weighted by molar-refractivity contribution is 0.0143. The van der Waals surface area contributed by atoms with Gasteiger partial charge in [0.1, 0.15) is 9.81 Å². The molecule has 1 aromatic heterocycles. The predicted octanol–water partition coefficient (Wildman–Crippen LogP) is 2.38. The number of ether oxygens (including phenoxy) is 1. The minimum absolute atomic E-state index is 0.278. The molecule has 8 heteroatoms. The van der Waals surface area contributed by atoms with Gasteiger partial charge in [0, 0.05) is 25.7 Å². The summed E-state index contributed by atoms with van der Waals surface area (Å²) in [4.78, 5) is 13.6. The smallest absolute Gasteiger partial charge is 0.410 e. The number of piperazine rings is 1. The zero-order valence-corrected chi connectivity index (χ0v) is 14.9. The molecule has 0 saturated carbocycles. The largest absolute Gasteiger partial charge is 0.444 e. The van der Waals surface area contributed by atoms with Crippen molar-refractivity contribution in [2.45, 2.75) is 43.5 Å². The fraction of sp³-hybridized carbons (Fsp3) is 0.643. The molecule has 22 heavy (non-hydrogen) atoms.